The molecule has 1 aromatic heterocycles. The Balaban J connectivity index is 2.05. The zero-order valence-electron chi connectivity index (χ0n) is 11.4. The van der Waals surface area contributed by atoms with Gasteiger partial charge in [-0.15, -0.1) is 11.3 Å². The first-order valence-corrected chi connectivity index (χ1v) is 7.19. The maximum Gasteiger partial charge on any atom is 0.237 e. The number of rotatable bonds is 6. The largest absolute Gasteiger partial charge is 0.491 e. The summed E-state index contributed by atoms with van der Waals surface area (Å²) in [6, 6.07) is 11.1. The van der Waals surface area contributed by atoms with Crippen molar-refractivity contribution in [3.8, 4) is 17.9 Å². The molecule has 0 radical (unpaired) electrons. The molecule has 0 aliphatic rings. The topological polar surface area (TPSA) is 81.2 Å². The molecule has 0 amide bonds. The van der Waals surface area contributed by atoms with Gasteiger partial charge in [-0.2, -0.15) is 15.6 Å². The predicted molar refractivity (Wildman–Crippen MR) is 82.2 cm³/mol. The lowest BCUT2D eigenvalue weighted by atomic mass is 10.3. The zero-order chi connectivity index (χ0) is 15.8. The normalized spacial score (nSPS) is 9.41. The summed E-state index contributed by atoms with van der Waals surface area (Å²) in [4.78, 5) is 1.19. The van der Waals surface area contributed by atoms with Gasteiger partial charge in [0.1, 0.15) is 29.4 Å². The molecule has 0 atom stereocenters. The number of thiophene rings is 1. The number of anilines is 1. The number of benzene rings is 1. The van der Waals surface area contributed by atoms with Crippen molar-refractivity contribution in [2.45, 2.75) is 6.42 Å². The lowest BCUT2D eigenvalue weighted by molar-refractivity contribution is 0.324. The molecule has 110 valence electrons. The van der Waals surface area contributed by atoms with E-state index >= 15 is 0 Å². The molecular weight excluding hydrogens is 303 g/mol. The Hall–Kier alpha value is -2.90. The summed E-state index contributed by atoms with van der Waals surface area (Å²) in [5.41, 5.74) is 2.39. The molecule has 0 spiro atoms. The van der Waals surface area contributed by atoms with Gasteiger partial charge in [-0.25, -0.2) is 4.39 Å². The quantitative estimate of drug-likeness (QED) is 0.655. The summed E-state index contributed by atoms with van der Waals surface area (Å²) < 4.78 is 18.9. The number of hydrogen-bond donors (Lipinski definition) is 1. The Morgan fingerprint density at radius 3 is 2.82 bits per heavy atom. The maximum atomic E-state index is 13.3. The summed E-state index contributed by atoms with van der Waals surface area (Å²) in [6.07, 6.45) is 0.736. The van der Waals surface area contributed by atoms with Gasteiger partial charge in [0.25, 0.3) is 0 Å². The monoisotopic (exact) mass is 314 g/mol. The number of hydrazone groups is 1. The van der Waals surface area contributed by atoms with E-state index in [2.05, 4.69) is 10.5 Å². The summed E-state index contributed by atoms with van der Waals surface area (Å²) in [6.45, 7) is 0.425. The zero-order valence-corrected chi connectivity index (χ0v) is 12.2. The Bertz CT molecular complexity index is 728. The minimum absolute atomic E-state index is 0.258. The molecule has 2 aromatic rings. The Labute approximate surface area is 130 Å². The lowest BCUT2D eigenvalue weighted by Gasteiger charge is -2.10. The second-order valence-corrected chi connectivity index (χ2v) is 5.15. The standard InChI is InChI=1S/C15H11FN4OS/c16-11-3-4-15(21-6-5-13-2-1-7-22-13)14(8-11)20-19-12(9-17)10-18/h1-4,7-8,20H,5-6H2. The van der Waals surface area contributed by atoms with E-state index in [1.807, 2.05) is 17.5 Å². The van der Waals surface area contributed by atoms with Gasteiger partial charge < -0.3 is 4.74 Å². The molecule has 0 fully saturated rings. The minimum Gasteiger partial charge on any atom is -0.491 e. The maximum absolute atomic E-state index is 13.3. The lowest BCUT2D eigenvalue weighted by Crippen LogP contribution is -2.04. The fraction of sp³-hybridized carbons (Fsp3) is 0.133. The van der Waals surface area contributed by atoms with Crippen LogP contribution in [0.1, 0.15) is 4.88 Å². The van der Waals surface area contributed by atoms with Crippen molar-refractivity contribution in [1.82, 2.24) is 0 Å². The van der Waals surface area contributed by atoms with Crippen LogP contribution in [0.2, 0.25) is 0 Å². The van der Waals surface area contributed by atoms with Crippen LogP contribution in [0, 0.1) is 28.5 Å². The van der Waals surface area contributed by atoms with E-state index in [1.165, 1.54) is 23.1 Å². The highest BCUT2D eigenvalue weighted by Crippen LogP contribution is 2.25. The summed E-state index contributed by atoms with van der Waals surface area (Å²) in [5, 5.41) is 22.8. The van der Waals surface area contributed by atoms with Gasteiger partial charge in [0.05, 0.1) is 6.61 Å². The average molecular weight is 314 g/mol. The Morgan fingerprint density at radius 1 is 1.32 bits per heavy atom. The number of nitriles is 2. The van der Waals surface area contributed by atoms with Crippen LogP contribution in [0.4, 0.5) is 10.1 Å². The first-order valence-electron chi connectivity index (χ1n) is 6.31. The van der Waals surface area contributed by atoms with Crippen LogP contribution in [-0.2, 0) is 6.42 Å². The van der Waals surface area contributed by atoms with E-state index in [9.17, 15) is 4.39 Å². The van der Waals surface area contributed by atoms with Gasteiger partial charge >= 0.3 is 0 Å². The Morgan fingerprint density at radius 2 is 2.14 bits per heavy atom. The predicted octanol–water partition coefficient (Wildman–Crippen LogP) is 3.32. The highest BCUT2D eigenvalue weighted by molar-refractivity contribution is 7.09. The average Bonchev–Trinajstić information content (AvgIpc) is 3.03. The summed E-state index contributed by atoms with van der Waals surface area (Å²) in [7, 11) is 0. The van der Waals surface area contributed by atoms with Gasteiger partial charge in [-0.3, -0.25) is 5.43 Å². The summed E-state index contributed by atoms with van der Waals surface area (Å²) >= 11 is 1.64. The second kappa shape index (κ2) is 7.77. The molecule has 7 heteroatoms. The molecule has 0 saturated carbocycles. The van der Waals surface area contributed by atoms with Crippen molar-refractivity contribution in [1.29, 1.82) is 10.5 Å². The third-order valence-electron chi connectivity index (χ3n) is 2.63. The number of hydrogen-bond acceptors (Lipinski definition) is 6. The van der Waals surface area contributed by atoms with Crippen LogP contribution in [0.25, 0.3) is 0 Å². The van der Waals surface area contributed by atoms with E-state index in [0.717, 1.165) is 6.42 Å². The van der Waals surface area contributed by atoms with Crippen LogP contribution in [0.3, 0.4) is 0 Å². The van der Waals surface area contributed by atoms with Crippen molar-refractivity contribution in [2.75, 3.05) is 12.0 Å². The van der Waals surface area contributed by atoms with Crippen LogP contribution in [-0.4, -0.2) is 12.3 Å². The van der Waals surface area contributed by atoms with E-state index in [1.54, 1.807) is 23.5 Å². The van der Waals surface area contributed by atoms with Crippen LogP contribution >= 0.6 is 11.3 Å². The van der Waals surface area contributed by atoms with Gasteiger partial charge in [-0.1, -0.05) is 6.07 Å². The molecule has 0 saturated heterocycles. The van der Waals surface area contributed by atoms with Gasteiger partial charge in [0.2, 0.25) is 5.71 Å². The highest BCUT2D eigenvalue weighted by Gasteiger charge is 2.06. The van der Waals surface area contributed by atoms with E-state index in [4.69, 9.17) is 15.3 Å². The number of nitrogens with one attached hydrogen (secondary N) is 1. The van der Waals surface area contributed by atoms with Crippen molar-refractivity contribution in [3.05, 3.63) is 46.4 Å². The second-order valence-electron chi connectivity index (χ2n) is 4.11. The molecule has 22 heavy (non-hydrogen) atoms. The van der Waals surface area contributed by atoms with Crippen molar-refractivity contribution >= 4 is 22.7 Å². The van der Waals surface area contributed by atoms with Gasteiger partial charge in [-0.05, 0) is 23.6 Å². The van der Waals surface area contributed by atoms with E-state index in [0.29, 0.717) is 12.4 Å². The number of ether oxygens (including phenoxy) is 1. The van der Waals surface area contributed by atoms with Crippen molar-refractivity contribution < 1.29 is 9.13 Å². The van der Waals surface area contributed by atoms with Crippen molar-refractivity contribution in [3.63, 3.8) is 0 Å². The molecule has 0 aliphatic heterocycles. The highest BCUT2D eigenvalue weighted by atomic mass is 32.1. The molecule has 1 heterocycles. The van der Waals surface area contributed by atoms with Crippen molar-refractivity contribution in [2.24, 2.45) is 5.10 Å². The molecule has 0 bridgehead atoms. The third kappa shape index (κ3) is 4.30. The third-order valence-corrected chi connectivity index (χ3v) is 3.56. The van der Waals surface area contributed by atoms with E-state index in [-0.39, 0.29) is 11.4 Å². The Kier molecular flexibility index (Phi) is 5.47. The smallest absolute Gasteiger partial charge is 0.237 e. The first kappa shape index (κ1) is 15.5. The van der Waals surface area contributed by atoms with E-state index < -0.39 is 5.82 Å². The van der Waals surface area contributed by atoms with Crippen LogP contribution in [0.15, 0.2) is 40.8 Å². The SMILES string of the molecule is N#CC(C#N)=NNc1cc(F)ccc1OCCc1cccs1. The van der Waals surface area contributed by atoms with Crippen LogP contribution < -0.4 is 10.2 Å². The minimum atomic E-state index is -0.473. The fourth-order valence-corrected chi connectivity index (χ4v) is 2.31. The van der Waals surface area contributed by atoms with Crippen LogP contribution in [0.5, 0.6) is 5.75 Å². The molecule has 1 N–H and O–H groups in total. The fourth-order valence-electron chi connectivity index (χ4n) is 1.62. The molecule has 1 aromatic carbocycles. The molecule has 0 aliphatic carbocycles. The number of nitrogens with zero attached hydrogens (tertiary/aromatic N) is 3. The molecule has 5 nitrogen and oxygen atoms in total. The van der Waals surface area contributed by atoms with Gasteiger partial charge in [0.15, 0.2) is 0 Å². The first-order chi connectivity index (χ1) is 10.7. The summed E-state index contributed by atoms with van der Waals surface area (Å²) in [5.74, 6) is -0.0734. The molecule has 2 rings (SSSR count). The molecular formula is C15H11FN4OS. The number of halogens is 1. The molecule has 0 unspecified atom stereocenters. The van der Waals surface area contributed by atoms with Gasteiger partial charge in [0, 0.05) is 17.4 Å².